The molecule has 0 N–H and O–H groups in total. The first-order chi connectivity index (χ1) is 73.2. The van der Waals surface area contributed by atoms with E-state index in [1.807, 2.05) is 12.1 Å². The van der Waals surface area contributed by atoms with Crippen LogP contribution in [0.5, 0.6) is 0 Å². The van der Waals surface area contributed by atoms with Crippen molar-refractivity contribution in [2.45, 2.75) is 0 Å². The molecule has 0 radical (unpaired) electrons. The number of fused-ring (bicyclic) bond motifs is 13. The average Bonchev–Trinajstić information content (AvgIpc) is 0.694. The fourth-order valence-electron chi connectivity index (χ4n) is 20.8. The Hall–Kier alpha value is -19.7. The highest BCUT2D eigenvalue weighted by molar-refractivity contribution is 6.12. The summed E-state index contributed by atoms with van der Waals surface area (Å²) in [5.41, 5.74) is 28.8. The Bertz CT molecular complexity index is 9330. The molecule has 6 heteroatoms. The van der Waals surface area contributed by atoms with Crippen LogP contribution in [0, 0.1) is 0 Å². The van der Waals surface area contributed by atoms with E-state index in [0.29, 0.717) is 11.6 Å². The van der Waals surface area contributed by atoms with Gasteiger partial charge in [-0.15, -0.1) is 0 Å². The van der Waals surface area contributed by atoms with Gasteiger partial charge in [0.25, 0.3) is 0 Å². The van der Waals surface area contributed by atoms with Crippen LogP contribution in [0.25, 0.3) is 276 Å². The lowest BCUT2D eigenvalue weighted by Gasteiger charge is -2.12. The Kier molecular flexibility index (Phi) is 23.3. The number of nitrogens with zero attached hydrogens (tertiary/aromatic N) is 6. The van der Waals surface area contributed by atoms with Crippen molar-refractivity contribution in [3.8, 4) is 168 Å². The molecule has 690 valence electrons. The number of benzene rings is 25. The van der Waals surface area contributed by atoms with Gasteiger partial charge in [0.1, 0.15) is 0 Å². The number of aromatic nitrogens is 6. The third-order valence-corrected chi connectivity index (χ3v) is 28.8. The minimum Gasteiger partial charge on any atom is -0.228 e. The molecule has 3 aromatic heterocycles. The summed E-state index contributed by atoms with van der Waals surface area (Å²) in [6, 6.07) is 199. The third-order valence-electron chi connectivity index (χ3n) is 28.8. The topological polar surface area (TPSA) is 77.3 Å². The number of rotatable bonds is 15. The Balaban J connectivity index is 0.000000112. The molecule has 28 rings (SSSR count). The summed E-state index contributed by atoms with van der Waals surface area (Å²) in [5.74, 6) is 2.12. The molecule has 28 aromatic rings. The monoisotopic (exact) mass is 1880 g/mol. The van der Waals surface area contributed by atoms with Crippen LogP contribution < -0.4 is 0 Å². The predicted molar refractivity (Wildman–Crippen MR) is 623 cm³/mol. The molecule has 148 heavy (non-hydrogen) atoms. The zero-order valence-corrected chi connectivity index (χ0v) is 80.8. The lowest BCUT2D eigenvalue weighted by Crippen LogP contribution is -1.96. The molecule has 0 saturated heterocycles. The standard InChI is InChI=1S/2C48H32N2.C46H28N2/c1-2-9-33(10-3-1)42-15-8-16-45(31-42)47-32-46(38-23-17-36(18-24-38)43-27-21-34-11-4-6-13-40(34)29-43)49-48(50-47)39-25-19-37(20-26-39)44-28-22-35-12-5-7-14-41(35)30-44;1-2-8-33(9-3-1)36-18-26-41(27-19-36)48-49-46(39-22-14-37(15-23-39)44-28-20-34-10-4-6-12-42(34)30-44)32-47(50-48)40-24-16-38(17-25-40)45-29-21-35-11-5-7-13-43(35)31-45;1-4-10-38-29(7-1)13-16-32-25-35(19-22-41(32)38)44-28-45(36-20-23-42-33(26-36)17-14-30-8-2-5-11-39(30)42)48-46(47-44)37-21-24-43-34(27-37)18-15-31-9-3-6-12-40(31)43/h2*1-32H;1-28H. The Morgan fingerprint density at radius 3 is 0.588 bits per heavy atom. The number of hydrogen-bond donors (Lipinski definition) is 0. The molecule has 0 atom stereocenters. The van der Waals surface area contributed by atoms with Crippen LogP contribution in [0.4, 0.5) is 0 Å². The summed E-state index contributed by atoms with van der Waals surface area (Å²) in [6.07, 6.45) is 0. The molecule has 6 nitrogen and oxygen atoms in total. The predicted octanol–water partition coefficient (Wildman–Crippen LogP) is 38.0. The van der Waals surface area contributed by atoms with E-state index in [2.05, 4.69) is 546 Å². The van der Waals surface area contributed by atoms with Crippen LogP contribution in [0.15, 0.2) is 558 Å². The van der Waals surface area contributed by atoms with Crippen molar-refractivity contribution >= 4 is 108 Å². The highest BCUT2D eigenvalue weighted by Crippen LogP contribution is 2.42. The van der Waals surface area contributed by atoms with Crippen LogP contribution >= 0.6 is 0 Å². The molecule has 0 unspecified atom stereocenters. The summed E-state index contributed by atoms with van der Waals surface area (Å²) in [4.78, 5) is 31.0. The maximum absolute atomic E-state index is 5.23. The van der Waals surface area contributed by atoms with Gasteiger partial charge in [-0.2, -0.15) is 0 Å². The Morgan fingerprint density at radius 2 is 0.257 bits per heavy atom. The van der Waals surface area contributed by atoms with Gasteiger partial charge in [-0.05, 0) is 241 Å². The van der Waals surface area contributed by atoms with Crippen molar-refractivity contribution in [2.24, 2.45) is 0 Å². The minimum absolute atomic E-state index is 0.700. The molecule has 25 aromatic carbocycles. The SMILES string of the molecule is c1ccc(-c2ccc(-c3nc(-c4ccc(-c5ccc6ccccc6c5)cc4)cc(-c4ccc(-c5ccc6ccccc6c5)cc4)n3)cc2)cc1.c1ccc(-c2cccc(-c3cc(-c4ccc(-c5ccc6ccccc6c5)cc4)nc(-c4ccc(-c5ccc6ccccc6c5)cc4)n3)c2)cc1.c1ccc2c(c1)ccc1cc(-c3cc(-c4ccc5c(ccc6ccccc65)c4)nc(-c4ccc5c(ccc6ccccc65)c4)n3)ccc12. The van der Waals surface area contributed by atoms with Crippen LogP contribution in [0.1, 0.15) is 0 Å². The van der Waals surface area contributed by atoms with E-state index >= 15 is 0 Å². The highest BCUT2D eigenvalue weighted by atomic mass is 14.9. The van der Waals surface area contributed by atoms with Crippen molar-refractivity contribution in [1.29, 1.82) is 0 Å². The van der Waals surface area contributed by atoms with Crippen molar-refractivity contribution in [3.05, 3.63) is 558 Å². The average molecular weight is 1880 g/mol. The second-order valence-electron chi connectivity index (χ2n) is 38.0. The molecule has 0 aliphatic heterocycles. The zero-order valence-electron chi connectivity index (χ0n) is 80.8. The normalized spacial score (nSPS) is 11.4. The largest absolute Gasteiger partial charge is 0.228 e. The van der Waals surface area contributed by atoms with E-state index in [9.17, 15) is 0 Å². The molecule has 0 aliphatic carbocycles. The fraction of sp³-hybridized carbons (Fsp3) is 0. The first kappa shape index (κ1) is 88.5. The zero-order chi connectivity index (χ0) is 98.2. The van der Waals surface area contributed by atoms with Gasteiger partial charge in [0.2, 0.25) is 0 Å². The molecule has 0 aliphatic rings. The minimum atomic E-state index is 0.700. The first-order valence-corrected chi connectivity index (χ1v) is 50.4. The smallest absolute Gasteiger partial charge is 0.160 e. The van der Waals surface area contributed by atoms with Crippen LogP contribution in [0.2, 0.25) is 0 Å². The molecular weight excluding hydrogens is 1790 g/mol. The Labute approximate surface area is 858 Å². The van der Waals surface area contributed by atoms with Gasteiger partial charge in [-0.25, -0.2) is 29.9 Å². The highest BCUT2D eigenvalue weighted by Gasteiger charge is 2.20. The van der Waals surface area contributed by atoms with Gasteiger partial charge in [-0.1, -0.05) is 491 Å². The van der Waals surface area contributed by atoms with Gasteiger partial charge >= 0.3 is 0 Å². The summed E-state index contributed by atoms with van der Waals surface area (Å²) in [7, 11) is 0. The molecule has 0 saturated carbocycles. The van der Waals surface area contributed by atoms with Crippen LogP contribution in [-0.2, 0) is 0 Å². The third kappa shape index (κ3) is 18.1. The molecular formula is C142H92N6. The van der Waals surface area contributed by atoms with E-state index in [1.54, 1.807) is 0 Å². The summed E-state index contributed by atoms with van der Waals surface area (Å²) >= 11 is 0. The van der Waals surface area contributed by atoms with E-state index in [0.717, 1.165) is 101 Å². The second kappa shape index (κ2) is 39.0. The quantitative estimate of drug-likeness (QED) is 0.0952. The molecule has 0 bridgehead atoms. The van der Waals surface area contributed by atoms with Crippen LogP contribution in [-0.4, -0.2) is 29.9 Å². The fourth-order valence-corrected chi connectivity index (χ4v) is 20.8. The van der Waals surface area contributed by atoms with Gasteiger partial charge in [0.05, 0.1) is 34.2 Å². The summed E-state index contributed by atoms with van der Waals surface area (Å²) < 4.78 is 0. The molecule has 0 amide bonds. The van der Waals surface area contributed by atoms with E-state index in [-0.39, 0.29) is 0 Å². The van der Waals surface area contributed by atoms with Crippen molar-refractivity contribution in [2.75, 3.05) is 0 Å². The lowest BCUT2D eigenvalue weighted by molar-refractivity contribution is 1.18. The molecule has 3 heterocycles. The van der Waals surface area contributed by atoms with Crippen molar-refractivity contribution in [1.82, 2.24) is 29.9 Å². The maximum atomic E-state index is 5.23. The number of hydrogen-bond acceptors (Lipinski definition) is 6. The van der Waals surface area contributed by atoms with Gasteiger partial charge in [0.15, 0.2) is 17.5 Å². The lowest BCUT2D eigenvalue weighted by atomic mass is 9.97. The Morgan fingerprint density at radius 1 is 0.0811 bits per heavy atom. The first-order valence-electron chi connectivity index (χ1n) is 50.4. The maximum Gasteiger partial charge on any atom is 0.160 e. The van der Waals surface area contributed by atoms with Gasteiger partial charge in [0, 0.05) is 50.1 Å². The summed E-state index contributed by atoms with van der Waals surface area (Å²) in [6.45, 7) is 0. The van der Waals surface area contributed by atoms with Crippen LogP contribution in [0.3, 0.4) is 0 Å². The van der Waals surface area contributed by atoms with E-state index < -0.39 is 0 Å². The van der Waals surface area contributed by atoms with Gasteiger partial charge in [-0.3, -0.25) is 0 Å². The van der Waals surface area contributed by atoms with Crippen molar-refractivity contribution < 1.29 is 0 Å². The van der Waals surface area contributed by atoms with E-state index in [1.165, 1.54) is 163 Å². The van der Waals surface area contributed by atoms with Crippen molar-refractivity contribution in [3.63, 3.8) is 0 Å². The molecule has 0 fully saturated rings. The second-order valence-corrected chi connectivity index (χ2v) is 38.0. The summed E-state index contributed by atoms with van der Waals surface area (Å²) in [5, 5.41) is 24.7. The van der Waals surface area contributed by atoms with Gasteiger partial charge < -0.3 is 0 Å². The molecule has 0 spiro atoms. The van der Waals surface area contributed by atoms with E-state index in [4.69, 9.17) is 29.9 Å².